The Hall–Kier alpha value is -3.31. The lowest BCUT2D eigenvalue weighted by molar-refractivity contribution is 0.103. The van der Waals surface area contributed by atoms with Gasteiger partial charge in [-0.05, 0) is 42.9 Å². The summed E-state index contributed by atoms with van der Waals surface area (Å²) in [5.74, 6) is -0.0322. The van der Waals surface area contributed by atoms with Gasteiger partial charge in [-0.15, -0.1) is 0 Å². The second kappa shape index (κ2) is 8.38. The molecule has 3 rings (SSSR count). The van der Waals surface area contributed by atoms with Gasteiger partial charge in [-0.3, -0.25) is 10.2 Å². The average Bonchev–Trinajstić information content (AvgIpc) is 2.68. The minimum atomic E-state index is -0.0322. The van der Waals surface area contributed by atoms with Crippen LogP contribution in [0.25, 0.3) is 0 Å². The van der Waals surface area contributed by atoms with Crippen LogP contribution in [-0.2, 0) is 0 Å². The Morgan fingerprint density at radius 3 is 2.00 bits per heavy atom. The van der Waals surface area contributed by atoms with E-state index in [1.807, 2.05) is 85.8 Å². The molecule has 4 nitrogen and oxygen atoms in total. The molecule has 0 bridgehead atoms. The maximum Gasteiger partial charge on any atom is 0.193 e. The van der Waals surface area contributed by atoms with Crippen molar-refractivity contribution in [3.05, 3.63) is 107 Å². The van der Waals surface area contributed by atoms with Gasteiger partial charge in [0.2, 0.25) is 0 Å². The maximum absolute atomic E-state index is 12.9. The van der Waals surface area contributed by atoms with E-state index in [-0.39, 0.29) is 10.9 Å². The monoisotopic (exact) mass is 373 g/mol. The van der Waals surface area contributed by atoms with Gasteiger partial charge in [0.05, 0.1) is 5.71 Å². The summed E-state index contributed by atoms with van der Waals surface area (Å²) in [6.07, 6.45) is 0. The molecule has 0 amide bonds. The Morgan fingerprint density at radius 1 is 0.852 bits per heavy atom. The number of rotatable bonds is 5. The van der Waals surface area contributed by atoms with E-state index in [0.29, 0.717) is 16.8 Å². The first-order chi connectivity index (χ1) is 13.0. The van der Waals surface area contributed by atoms with Crippen molar-refractivity contribution in [2.45, 2.75) is 6.92 Å². The zero-order chi connectivity index (χ0) is 19.2. The van der Waals surface area contributed by atoms with Crippen molar-refractivity contribution in [3.63, 3.8) is 0 Å². The molecule has 0 heterocycles. The number of carbonyl (C=O) groups is 1. The van der Waals surface area contributed by atoms with Gasteiger partial charge in [-0.25, -0.2) is 0 Å². The smallest absolute Gasteiger partial charge is 0.193 e. The highest BCUT2D eigenvalue weighted by Gasteiger charge is 2.14. The van der Waals surface area contributed by atoms with Crippen LogP contribution < -0.4 is 11.2 Å². The van der Waals surface area contributed by atoms with Gasteiger partial charge < -0.3 is 5.73 Å². The second-order valence-electron chi connectivity index (χ2n) is 6.09. The first-order valence-corrected chi connectivity index (χ1v) is 8.86. The fourth-order valence-corrected chi connectivity index (χ4v) is 2.86. The minimum absolute atomic E-state index is 0.0322. The third-order valence-corrected chi connectivity index (χ3v) is 4.07. The zero-order valence-electron chi connectivity index (χ0n) is 14.8. The van der Waals surface area contributed by atoms with Gasteiger partial charge in [-0.2, -0.15) is 5.10 Å². The first kappa shape index (κ1) is 18.5. The highest BCUT2D eigenvalue weighted by atomic mass is 32.1. The van der Waals surface area contributed by atoms with Crippen molar-refractivity contribution >= 4 is 28.8 Å². The van der Waals surface area contributed by atoms with Gasteiger partial charge in [-0.1, -0.05) is 60.7 Å². The number of nitrogens with one attached hydrogen (secondary N) is 1. The number of hydrogen-bond acceptors (Lipinski definition) is 3. The van der Waals surface area contributed by atoms with Gasteiger partial charge in [0.15, 0.2) is 10.9 Å². The molecule has 5 heteroatoms. The number of benzene rings is 3. The number of hydrazone groups is 1. The van der Waals surface area contributed by atoms with Crippen LogP contribution >= 0.6 is 12.2 Å². The van der Waals surface area contributed by atoms with Crippen LogP contribution in [0, 0.1) is 6.92 Å². The van der Waals surface area contributed by atoms with Crippen molar-refractivity contribution in [3.8, 4) is 0 Å². The molecule has 0 aliphatic carbocycles. The van der Waals surface area contributed by atoms with Crippen LogP contribution in [-0.4, -0.2) is 16.6 Å². The molecule has 0 spiro atoms. The third-order valence-electron chi connectivity index (χ3n) is 3.97. The Morgan fingerprint density at radius 2 is 1.41 bits per heavy atom. The van der Waals surface area contributed by atoms with E-state index in [1.165, 1.54) is 0 Å². The molecule has 3 aromatic rings. The lowest BCUT2D eigenvalue weighted by Crippen LogP contribution is -2.26. The van der Waals surface area contributed by atoms with E-state index < -0.39 is 0 Å². The molecule has 0 aliphatic rings. The predicted octanol–water partition coefficient (Wildman–Crippen LogP) is 3.81. The largest absolute Gasteiger partial charge is 0.375 e. The molecular formula is C22H19N3OS. The van der Waals surface area contributed by atoms with E-state index in [9.17, 15) is 4.79 Å². The predicted molar refractivity (Wildman–Crippen MR) is 113 cm³/mol. The summed E-state index contributed by atoms with van der Waals surface area (Å²) in [5.41, 5.74) is 12.8. The van der Waals surface area contributed by atoms with Crippen molar-refractivity contribution in [1.82, 2.24) is 5.43 Å². The minimum Gasteiger partial charge on any atom is -0.375 e. The summed E-state index contributed by atoms with van der Waals surface area (Å²) in [7, 11) is 0. The van der Waals surface area contributed by atoms with Crippen LogP contribution in [0.2, 0.25) is 0 Å². The molecule has 0 atom stereocenters. The Balaban J connectivity index is 2.08. The fourth-order valence-electron chi connectivity index (χ4n) is 2.81. The van der Waals surface area contributed by atoms with Crippen LogP contribution in [0.5, 0.6) is 0 Å². The van der Waals surface area contributed by atoms with E-state index in [1.54, 1.807) is 0 Å². The number of nitrogens with two attached hydrogens (primary N) is 1. The Labute approximate surface area is 163 Å². The summed E-state index contributed by atoms with van der Waals surface area (Å²) < 4.78 is 0. The summed E-state index contributed by atoms with van der Waals surface area (Å²) in [4.78, 5) is 12.9. The normalized spacial score (nSPS) is 11.1. The SMILES string of the molecule is Cc1cc(C(=O)c2ccccc2)cc(C(=NNC(N)=S)c2ccccc2)c1. The fraction of sp³-hybridized carbons (Fsp3) is 0.0455. The van der Waals surface area contributed by atoms with Crippen molar-refractivity contribution < 1.29 is 4.79 Å². The highest BCUT2D eigenvalue weighted by Crippen LogP contribution is 2.18. The second-order valence-corrected chi connectivity index (χ2v) is 6.53. The van der Waals surface area contributed by atoms with Crippen LogP contribution in [0.3, 0.4) is 0 Å². The molecule has 3 aromatic carbocycles. The van der Waals surface area contributed by atoms with Crippen LogP contribution in [0.4, 0.5) is 0 Å². The van der Waals surface area contributed by atoms with Gasteiger partial charge in [0.1, 0.15) is 0 Å². The molecule has 0 radical (unpaired) electrons. The van der Waals surface area contributed by atoms with Crippen molar-refractivity contribution in [2.75, 3.05) is 0 Å². The molecule has 3 N–H and O–H groups in total. The molecule has 0 saturated carbocycles. The number of nitrogens with zero attached hydrogens (tertiary/aromatic N) is 1. The number of aryl methyl sites for hydroxylation is 1. The molecule has 0 aromatic heterocycles. The van der Waals surface area contributed by atoms with Gasteiger partial charge in [0.25, 0.3) is 0 Å². The van der Waals surface area contributed by atoms with Gasteiger partial charge >= 0.3 is 0 Å². The lowest BCUT2D eigenvalue weighted by Gasteiger charge is -2.11. The molecule has 0 saturated heterocycles. The van der Waals surface area contributed by atoms with E-state index >= 15 is 0 Å². The summed E-state index contributed by atoms with van der Waals surface area (Å²) in [6, 6.07) is 24.6. The topological polar surface area (TPSA) is 67.5 Å². The number of carbonyl (C=O) groups excluding carboxylic acids is 1. The standard InChI is InChI=1S/C22H19N3OS/c1-15-12-18(14-19(13-15)21(26)17-10-6-3-7-11-17)20(24-25-22(23)27)16-8-4-2-5-9-16/h2-14H,1H3,(H3,23,25,27). The lowest BCUT2D eigenvalue weighted by atomic mass is 9.95. The van der Waals surface area contributed by atoms with Gasteiger partial charge in [0, 0.05) is 22.3 Å². The molecular weight excluding hydrogens is 354 g/mol. The van der Waals surface area contributed by atoms with E-state index in [2.05, 4.69) is 10.5 Å². The number of hydrogen-bond donors (Lipinski definition) is 2. The average molecular weight is 373 g/mol. The first-order valence-electron chi connectivity index (χ1n) is 8.45. The quantitative estimate of drug-likeness (QED) is 0.309. The Bertz CT molecular complexity index is 999. The number of ketones is 1. The molecule has 0 aliphatic heterocycles. The zero-order valence-corrected chi connectivity index (χ0v) is 15.7. The highest BCUT2D eigenvalue weighted by molar-refractivity contribution is 7.80. The summed E-state index contributed by atoms with van der Waals surface area (Å²) >= 11 is 4.88. The summed E-state index contributed by atoms with van der Waals surface area (Å²) in [6.45, 7) is 1.95. The maximum atomic E-state index is 12.9. The summed E-state index contributed by atoms with van der Waals surface area (Å²) in [5, 5.41) is 4.45. The molecule has 0 unspecified atom stereocenters. The van der Waals surface area contributed by atoms with Crippen molar-refractivity contribution in [2.24, 2.45) is 10.8 Å². The number of thiocarbonyl (C=S) groups is 1. The van der Waals surface area contributed by atoms with Crippen LogP contribution in [0.1, 0.15) is 32.6 Å². The van der Waals surface area contributed by atoms with E-state index in [0.717, 1.165) is 16.7 Å². The molecule has 0 fully saturated rings. The van der Waals surface area contributed by atoms with Crippen molar-refractivity contribution in [1.29, 1.82) is 0 Å². The molecule has 134 valence electrons. The third kappa shape index (κ3) is 4.65. The molecule has 27 heavy (non-hydrogen) atoms. The van der Waals surface area contributed by atoms with E-state index in [4.69, 9.17) is 18.0 Å². The Kier molecular flexibility index (Phi) is 5.74. The van der Waals surface area contributed by atoms with Crippen LogP contribution in [0.15, 0.2) is 84.0 Å².